The lowest BCUT2D eigenvalue weighted by Crippen LogP contribution is -2.32. The molecule has 0 aliphatic carbocycles. The summed E-state index contributed by atoms with van der Waals surface area (Å²) in [4.78, 5) is 2.58. The maximum absolute atomic E-state index is 7.43. The van der Waals surface area contributed by atoms with Gasteiger partial charge < -0.3 is 10.4 Å². The Morgan fingerprint density at radius 1 is 0.613 bits per heavy atom. The van der Waals surface area contributed by atoms with Gasteiger partial charge in [0.1, 0.15) is 23.2 Å². The maximum atomic E-state index is 7.43. The van der Waals surface area contributed by atoms with Gasteiger partial charge in [0.2, 0.25) is 0 Å². The molecule has 0 aliphatic rings. The average molecular weight is 419 g/mol. The fourth-order valence-electron chi connectivity index (χ4n) is 3.65. The molecule has 0 unspecified atom stereocenters. The summed E-state index contributed by atoms with van der Waals surface area (Å²) < 4.78 is 0. The molecule has 4 rings (SSSR count). The summed E-state index contributed by atoms with van der Waals surface area (Å²) in [6.07, 6.45) is 2.31. The van der Waals surface area contributed by atoms with Crippen LogP contribution in [0.5, 0.6) is 0 Å². The molecule has 0 N–H and O–H groups in total. The van der Waals surface area contributed by atoms with Gasteiger partial charge in [-0.3, -0.25) is 0 Å². The number of nitrogens with zero attached hydrogens (tertiary/aromatic N) is 3. The summed E-state index contributed by atoms with van der Waals surface area (Å²) in [5.41, 5.74) is 1.39. The first-order valence-corrected chi connectivity index (χ1v) is 11.9. The van der Waals surface area contributed by atoms with Gasteiger partial charge in [0, 0.05) is 0 Å². The van der Waals surface area contributed by atoms with Crippen LogP contribution >= 0.6 is 7.26 Å². The Balaban J connectivity index is 0.000000491. The van der Waals surface area contributed by atoms with Crippen molar-refractivity contribution in [1.82, 2.24) is 0 Å². The van der Waals surface area contributed by atoms with Crippen LogP contribution in [0.3, 0.4) is 0 Å². The quantitative estimate of drug-likeness (QED) is 0.243. The Morgan fingerprint density at radius 3 is 1.26 bits per heavy atom. The molecule has 0 heterocycles. The van der Waals surface area contributed by atoms with Crippen LogP contribution in [-0.4, -0.2) is 6.01 Å². The molecule has 0 spiro atoms. The van der Waals surface area contributed by atoms with E-state index in [2.05, 4.69) is 126 Å². The summed E-state index contributed by atoms with van der Waals surface area (Å²) in [5, 5.41) is 19.1. The molecule has 0 saturated carbocycles. The molecule has 4 aromatic carbocycles. The van der Waals surface area contributed by atoms with Gasteiger partial charge in [-0.1, -0.05) is 84.9 Å². The van der Waals surface area contributed by atoms with E-state index < -0.39 is 7.26 Å². The number of nitriles is 1. The van der Waals surface area contributed by atoms with E-state index >= 15 is 0 Å². The fraction of sp³-hybridized carbons (Fsp3) is 0.0370. The Bertz CT molecular complexity index is 1050. The van der Waals surface area contributed by atoms with Gasteiger partial charge in [0.25, 0.3) is 0 Å². The topological polar surface area (TPSA) is 58.5 Å². The van der Waals surface area contributed by atoms with Crippen molar-refractivity contribution in [3.05, 3.63) is 132 Å². The molecule has 0 bridgehead atoms. The van der Waals surface area contributed by atoms with Crippen LogP contribution in [0.25, 0.3) is 5.41 Å². The summed E-state index contributed by atoms with van der Waals surface area (Å²) in [6.45, 7) is 0. The van der Waals surface area contributed by atoms with Gasteiger partial charge in [0.05, 0.1) is 12.4 Å². The van der Waals surface area contributed by atoms with E-state index in [4.69, 9.17) is 10.7 Å². The zero-order valence-electron chi connectivity index (χ0n) is 17.0. The third-order valence-corrected chi connectivity index (χ3v) is 9.33. The first kappa shape index (κ1) is 21.9. The second-order valence-electron chi connectivity index (χ2n) is 6.77. The second kappa shape index (κ2) is 11.4. The standard InChI is InChI=1S/C25H22P.C2N3/c1-5-13-22(14-6-1)21-26(23-15-7-2-8-16-23,24-17-9-3-10-18-24)25-19-11-4-12-20-25;3-1-5-2-4/h1-20H,21H2;/q+1;-1. The van der Waals surface area contributed by atoms with Gasteiger partial charge in [0.15, 0.2) is 0 Å². The van der Waals surface area contributed by atoms with Crippen molar-refractivity contribution in [2.24, 2.45) is 4.99 Å². The molecule has 0 amide bonds. The van der Waals surface area contributed by atoms with Gasteiger partial charge in [-0.2, -0.15) is 5.26 Å². The largest absolute Gasteiger partial charge is 0.422 e. The van der Waals surface area contributed by atoms with Crippen molar-refractivity contribution >= 4 is 29.2 Å². The molecule has 150 valence electrons. The number of hydrogen-bond acceptors (Lipinski definition) is 2. The van der Waals surface area contributed by atoms with Crippen LogP contribution in [0.2, 0.25) is 0 Å². The highest BCUT2D eigenvalue weighted by Gasteiger charge is 2.45. The lowest BCUT2D eigenvalue weighted by atomic mass is 10.2. The SMILES string of the molecule is N#CN=C=[N-].c1ccc(C[P+](c2ccccc2)(c2ccccc2)c2ccccc2)cc1. The molecule has 0 aromatic heterocycles. The van der Waals surface area contributed by atoms with E-state index in [9.17, 15) is 0 Å². The highest BCUT2D eigenvalue weighted by atomic mass is 31.2. The smallest absolute Gasteiger partial charge is 0.116 e. The summed E-state index contributed by atoms with van der Waals surface area (Å²) in [5.74, 6) is 0. The molecule has 31 heavy (non-hydrogen) atoms. The van der Waals surface area contributed by atoms with Gasteiger partial charge in [-0.05, 0) is 42.0 Å². The fourth-order valence-corrected chi connectivity index (χ4v) is 7.89. The van der Waals surface area contributed by atoms with Gasteiger partial charge in [-0.15, -0.1) is 6.01 Å². The summed E-state index contributed by atoms with van der Waals surface area (Å²) in [7, 11) is -1.78. The third kappa shape index (κ3) is 5.41. The van der Waals surface area contributed by atoms with E-state index in [0.717, 1.165) is 6.16 Å². The Kier molecular flexibility index (Phi) is 8.04. The molecule has 0 fully saturated rings. The van der Waals surface area contributed by atoms with E-state index in [1.165, 1.54) is 33.7 Å². The molecule has 0 atom stereocenters. The molecule has 3 nitrogen and oxygen atoms in total. The zero-order valence-corrected chi connectivity index (χ0v) is 17.9. The van der Waals surface area contributed by atoms with E-state index in [-0.39, 0.29) is 0 Å². The van der Waals surface area contributed by atoms with Crippen LogP contribution in [0.1, 0.15) is 5.56 Å². The average Bonchev–Trinajstić information content (AvgIpc) is 2.86. The molecule has 0 aliphatic heterocycles. The summed E-state index contributed by atoms with van der Waals surface area (Å²) >= 11 is 0. The minimum Gasteiger partial charge on any atom is -0.422 e. The normalized spacial score (nSPS) is 10.0. The number of benzene rings is 4. The van der Waals surface area contributed by atoms with Crippen molar-refractivity contribution in [1.29, 1.82) is 5.26 Å². The van der Waals surface area contributed by atoms with Crippen LogP contribution in [-0.2, 0) is 6.16 Å². The maximum Gasteiger partial charge on any atom is 0.116 e. The highest BCUT2D eigenvalue weighted by molar-refractivity contribution is 7.95. The van der Waals surface area contributed by atoms with Crippen molar-refractivity contribution in [2.45, 2.75) is 6.16 Å². The van der Waals surface area contributed by atoms with E-state index in [1.807, 2.05) is 0 Å². The Morgan fingerprint density at radius 2 is 0.968 bits per heavy atom. The van der Waals surface area contributed by atoms with Gasteiger partial charge in [-0.25, -0.2) is 0 Å². The second-order valence-corrected chi connectivity index (χ2v) is 10.3. The lowest BCUT2D eigenvalue weighted by molar-refractivity contribution is 1.39. The van der Waals surface area contributed by atoms with Crippen molar-refractivity contribution < 1.29 is 0 Å². The zero-order chi connectivity index (χ0) is 21.8. The number of rotatable bonds is 5. The minimum absolute atomic E-state index is 1.03. The predicted molar refractivity (Wildman–Crippen MR) is 132 cm³/mol. The third-order valence-electron chi connectivity index (χ3n) is 4.95. The van der Waals surface area contributed by atoms with Crippen molar-refractivity contribution in [3.8, 4) is 6.19 Å². The monoisotopic (exact) mass is 419 g/mol. The number of aliphatic imine (C=N–C) groups is 1. The Labute approximate surface area is 184 Å². The molecular weight excluding hydrogens is 397 g/mol. The first-order chi connectivity index (χ1) is 15.3. The molecule has 0 radical (unpaired) electrons. The molecule has 4 heteroatoms. The van der Waals surface area contributed by atoms with Crippen LogP contribution in [0.15, 0.2) is 126 Å². The molecule has 0 saturated heterocycles. The van der Waals surface area contributed by atoms with Crippen LogP contribution < -0.4 is 15.9 Å². The number of hydrogen-bond donors (Lipinski definition) is 0. The van der Waals surface area contributed by atoms with E-state index in [1.54, 1.807) is 0 Å². The summed E-state index contributed by atoms with van der Waals surface area (Å²) in [6, 6.07) is 45.3. The minimum atomic E-state index is -1.78. The molecule has 4 aromatic rings. The van der Waals surface area contributed by atoms with Crippen LogP contribution in [0, 0.1) is 11.5 Å². The van der Waals surface area contributed by atoms with Crippen molar-refractivity contribution in [2.75, 3.05) is 0 Å². The van der Waals surface area contributed by atoms with E-state index in [0.29, 0.717) is 0 Å². The Hall–Kier alpha value is -3.82. The highest BCUT2D eigenvalue weighted by Crippen LogP contribution is 2.58. The predicted octanol–water partition coefficient (Wildman–Crippen LogP) is 5.39. The van der Waals surface area contributed by atoms with Gasteiger partial charge >= 0.3 is 0 Å². The van der Waals surface area contributed by atoms with Crippen molar-refractivity contribution in [3.63, 3.8) is 0 Å². The molecular formula is C27H22N3P. The van der Waals surface area contributed by atoms with Crippen LogP contribution in [0.4, 0.5) is 0 Å². The first-order valence-electron chi connectivity index (χ1n) is 9.88. The lowest BCUT2D eigenvalue weighted by Gasteiger charge is -2.27.